The topological polar surface area (TPSA) is 208 Å². The molecule has 0 heterocycles. The zero-order chi connectivity index (χ0) is 28.3. The van der Waals surface area contributed by atoms with Gasteiger partial charge in [-0.2, -0.15) is 0 Å². The van der Waals surface area contributed by atoms with E-state index >= 15 is 0 Å². The Morgan fingerprint density at radius 2 is 1.32 bits per heavy atom. The lowest BCUT2D eigenvalue weighted by Gasteiger charge is -2.28. The van der Waals surface area contributed by atoms with Crippen LogP contribution in [0.3, 0.4) is 0 Å². The summed E-state index contributed by atoms with van der Waals surface area (Å²) < 4.78 is 0. The van der Waals surface area contributed by atoms with E-state index in [4.69, 9.17) is 10.8 Å². The SMILES string of the molecule is CCC(C)C(NC(=O)C(Cc1ccc(O)cc1)NC(=O)C(NC(=O)C(N)CC(=O)O)C(C)CC)C(=O)O. The zero-order valence-electron chi connectivity index (χ0n) is 21.6. The first-order valence-electron chi connectivity index (χ1n) is 12.2. The van der Waals surface area contributed by atoms with E-state index in [0.29, 0.717) is 18.4 Å². The second-order valence-electron chi connectivity index (χ2n) is 9.22. The van der Waals surface area contributed by atoms with E-state index in [1.54, 1.807) is 39.8 Å². The fourth-order valence-electron chi connectivity index (χ4n) is 3.52. The van der Waals surface area contributed by atoms with E-state index in [2.05, 4.69) is 16.0 Å². The molecule has 0 radical (unpaired) electrons. The standard InChI is InChI=1S/C25H38N4O8/c1-5-13(3)20(28-22(33)17(26)12-19(31)32)24(35)27-18(11-15-7-9-16(30)10-8-15)23(34)29-21(25(36)37)14(4)6-2/h7-10,13-14,17-18,20-21,30H,5-6,11-12,26H2,1-4H3,(H,27,35)(H,28,33)(H,29,34)(H,31,32)(H,36,37). The van der Waals surface area contributed by atoms with E-state index < -0.39 is 66.2 Å². The van der Waals surface area contributed by atoms with Crippen molar-refractivity contribution in [1.82, 2.24) is 16.0 Å². The predicted molar refractivity (Wildman–Crippen MR) is 134 cm³/mol. The highest BCUT2D eigenvalue weighted by molar-refractivity contribution is 5.95. The Balaban J connectivity index is 3.21. The molecule has 8 N–H and O–H groups in total. The van der Waals surface area contributed by atoms with Gasteiger partial charge in [-0.05, 0) is 29.5 Å². The fourth-order valence-corrected chi connectivity index (χ4v) is 3.52. The lowest BCUT2D eigenvalue weighted by Crippen LogP contribution is -2.59. The molecule has 12 nitrogen and oxygen atoms in total. The lowest BCUT2D eigenvalue weighted by atomic mass is 9.96. The van der Waals surface area contributed by atoms with E-state index in [1.165, 1.54) is 12.1 Å². The molecule has 37 heavy (non-hydrogen) atoms. The molecule has 1 rings (SSSR count). The van der Waals surface area contributed by atoms with E-state index in [-0.39, 0.29) is 18.1 Å². The van der Waals surface area contributed by atoms with Crippen LogP contribution in [0.5, 0.6) is 5.75 Å². The highest BCUT2D eigenvalue weighted by Gasteiger charge is 2.33. The molecule has 3 amide bonds. The number of aliphatic carboxylic acids is 2. The maximum absolute atomic E-state index is 13.3. The number of hydrogen-bond acceptors (Lipinski definition) is 7. The van der Waals surface area contributed by atoms with Crippen molar-refractivity contribution in [1.29, 1.82) is 0 Å². The van der Waals surface area contributed by atoms with Gasteiger partial charge in [-0.15, -0.1) is 0 Å². The maximum atomic E-state index is 13.3. The summed E-state index contributed by atoms with van der Waals surface area (Å²) in [6.45, 7) is 6.96. The molecule has 0 fully saturated rings. The zero-order valence-corrected chi connectivity index (χ0v) is 21.6. The molecule has 0 spiro atoms. The fraction of sp³-hybridized carbons (Fsp3) is 0.560. The number of amides is 3. The summed E-state index contributed by atoms with van der Waals surface area (Å²) in [5.41, 5.74) is 6.22. The van der Waals surface area contributed by atoms with Gasteiger partial charge in [0.2, 0.25) is 17.7 Å². The largest absolute Gasteiger partial charge is 0.508 e. The van der Waals surface area contributed by atoms with Gasteiger partial charge in [0.05, 0.1) is 12.5 Å². The number of carboxylic acids is 2. The number of carbonyl (C=O) groups excluding carboxylic acids is 3. The Labute approximate surface area is 216 Å². The number of hydrogen-bond donors (Lipinski definition) is 7. The van der Waals surface area contributed by atoms with E-state index in [9.17, 15) is 34.2 Å². The van der Waals surface area contributed by atoms with Crippen LogP contribution in [-0.4, -0.2) is 69.1 Å². The smallest absolute Gasteiger partial charge is 0.326 e. The number of carbonyl (C=O) groups is 5. The number of phenols is 1. The third kappa shape index (κ3) is 10.1. The molecule has 0 aliphatic carbocycles. The first-order valence-corrected chi connectivity index (χ1v) is 12.2. The second kappa shape index (κ2) is 14.8. The van der Waals surface area contributed by atoms with E-state index in [1.807, 2.05) is 0 Å². The van der Waals surface area contributed by atoms with Gasteiger partial charge in [0, 0.05) is 6.42 Å². The highest BCUT2D eigenvalue weighted by Crippen LogP contribution is 2.14. The molecule has 0 aliphatic rings. The highest BCUT2D eigenvalue weighted by atomic mass is 16.4. The van der Waals surface area contributed by atoms with Gasteiger partial charge in [-0.25, -0.2) is 4.79 Å². The molecule has 0 bridgehead atoms. The molecule has 6 unspecified atom stereocenters. The van der Waals surface area contributed by atoms with Crippen LogP contribution in [-0.2, 0) is 30.4 Å². The third-order valence-electron chi connectivity index (χ3n) is 6.31. The molecular formula is C25H38N4O8. The summed E-state index contributed by atoms with van der Waals surface area (Å²) in [6.07, 6.45) is 0.310. The van der Waals surface area contributed by atoms with Crippen molar-refractivity contribution >= 4 is 29.7 Å². The van der Waals surface area contributed by atoms with Crippen LogP contribution in [0.1, 0.15) is 52.5 Å². The van der Waals surface area contributed by atoms with Crippen LogP contribution < -0.4 is 21.7 Å². The van der Waals surface area contributed by atoms with Gasteiger partial charge >= 0.3 is 11.9 Å². The maximum Gasteiger partial charge on any atom is 0.326 e. The molecule has 1 aromatic rings. The van der Waals surface area contributed by atoms with Crippen molar-refractivity contribution in [3.63, 3.8) is 0 Å². The first-order chi connectivity index (χ1) is 17.3. The Morgan fingerprint density at radius 1 is 0.811 bits per heavy atom. The van der Waals surface area contributed by atoms with Gasteiger partial charge < -0.3 is 37.0 Å². The number of benzene rings is 1. The van der Waals surface area contributed by atoms with Gasteiger partial charge in [-0.3, -0.25) is 19.2 Å². The Morgan fingerprint density at radius 3 is 1.81 bits per heavy atom. The molecule has 12 heteroatoms. The Bertz CT molecular complexity index is 953. The molecule has 0 aliphatic heterocycles. The Hall–Kier alpha value is -3.67. The monoisotopic (exact) mass is 522 g/mol. The summed E-state index contributed by atoms with van der Waals surface area (Å²) in [7, 11) is 0. The normalized spacial score (nSPS) is 15.8. The molecule has 0 saturated heterocycles. The number of rotatable bonds is 15. The number of aromatic hydroxyl groups is 1. The molecule has 6 atom stereocenters. The summed E-state index contributed by atoms with van der Waals surface area (Å²) in [5.74, 6) is -5.52. The summed E-state index contributed by atoms with van der Waals surface area (Å²) >= 11 is 0. The molecule has 1 aromatic carbocycles. The van der Waals surface area contributed by atoms with Gasteiger partial charge in [0.25, 0.3) is 0 Å². The van der Waals surface area contributed by atoms with Crippen LogP contribution >= 0.6 is 0 Å². The average Bonchev–Trinajstić information content (AvgIpc) is 2.84. The van der Waals surface area contributed by atoms with Crippen LogP contribution in [0.15, 0.2) is 24.3 Å². The predicted octanol–water partition coefficient (Wildman–Crippen LogP) is 0.368. The molecule has 206 valence electrons. The summed E-state index contributed by atoms with van der Waals surface area (Å²) in [4.78, 5) is 61.5. The third-order valence-corrected chi connectivity index (χ3v) is 6.31. The minimum atomic E-state index is -1.38. The Kier molecular flexibility index (Phi) is 12.5. The number of carboxylic acid groups (broad SMARTS) is 2. The summed E-state index contributed by atoms with van der Waals surface area (Å²) in [6, 6.07) is 1.05. The molecular weight excluding hydrogens is 484 g/mol. The molecule has 0 aromatic heterocycles. The lowest BCUT2D eigenvalue weighted by molar-refractivity contribution is -0.143. The number of nitrogens with two attached hydrogens (primary N) is 1. The van der Waals surface area contributed by atoms with Crippen LogP contribution in [0.25, 0.3) is 0 Å². The van der Waals surface area contributed by atoms with Crippen LogP contribution in [0.4, 0.5) is 0 Å². The quantitative estimate of drug-likeness (QED) is 0.169. The van der Waals surface area contributed by atoms with Gasteiger partial charge in [0.1, 0.15) is 23.9 Å². The van der Waals surface area contributed by atoms with Crippen molar-refractivity contribution in [2.75, 3.05) is 0 Å². The minimum absolute atomic E-state index is 0.00810. The average molecular weight is 523 g/mol. The van der Waals surface area contributed by atoms with Crippen molar-refractivity contribution in [3.8, 4) is 5.75 Å². The van der Waals surface area contributed by atoms with Gasteiger partial charge in [-0.1, -0.05) is 52.7 Å². The van der Waals surface area contributed by atoms with Crippen molar-refractivity contribution < 1.29 is 39.3 Å². The van der Waals surface area contributed by atoms with Crippen molar-refractivity contribution in [3.05, 3.63) is 29.8 Å². The summed E-state index contributed by atoms with van der Waals surface area (Å²) in [5, 5.41) is 35.6. The first kappa shape index (κ1) is 31.4. The van der Waals surface area contributed by atoms with Gasteiger partial charge in [0.15, 0.2) is 0 Å². The van der Waals surface area contributed by atoms with Crippen LogP contribution in [0, 0.1) is 11.8 Å². The minimum Gasteiger partial charge on any atom is -0.508 e. The van der Waals surface area contributed by atoms with E-state index in [0.717, 1.165) is 0 Å². The number of phenolic OH excluding ortho intramolecular Hbond substituents is 1. The molecule has 0 saturated carbocycles. The van der Waals surface area contributed by atoms with Crippen LogP contribution in [0.2, 0.25) is 0 Å². The van der Waals surface area contributed by atoms with Crippen molar-refractivity contribution in [2.24, 2.45) is 17.6 Å². The van der Waals surface area contributed by atoms with Crippen molar-refractivity contribution in [2.45, 2.75) is 77.5 Å². The second-order valence-corrected chi connectivity index (χ2v) is 9.22. The number of nitrogens with one attached hydrogen (secondary N) is 3.